The van der Waals surface area contributed by atoms with E-state index in [9.17, 15) is 4.39 Å². The van der Waals surface area contributed by atoms with Gasteiger partial charge in [-0.05, 0) is 61.5 Å². The molecular weight excluding hydrogens is 237 g/mol. The SMILES string of the molecule is CC(C)C1CCC(C(N)Cc2ccccc2F)CC1. The van der Waals surface area contributed by atoms with Gasteiger partial charge >= 0.3 is 0 Å². The van der Waals surface area contributed by atoms with E-state index < -0.39 is 0 Å². The van der Waals surface area contributed by atoms with Crippen LogP contribution in [0.5, 0.6) is 0 Å². The molecule has 106 valence electrons. The molecule has 0 amide bonds. The molecule has 0 saturated heterocycles. The van der Waals surface area contributed by atoms with Gasteiger partial charge in [-0.2, -0.15) is 0 Å². The van der Waals surface area contributed by atoms with E-state index in [-0.39, 0.29) is 11.9 Å². The molecular formula is C17H26FN. The Morgan fingerprint density at radius 3 is 2.26 bits per heavy atom. The third-order valence-corrected chi connectivity index (χ3v) is 4.78. The topological polar surface area (TPSA) is 26.0 Å². The molecule has 1 unspecified atom stereocenters. The zero-order valence-electron chi connectivity index (χ0n) is 12.1. The third-order valence-electron chi connectivity index (χ3n) is 4.78. The molecule has 1 fully saturated rings. The maximum atomic E-state index is 13.6. The molecule has 1 nitrogen and oxygen atoms in total. The first-order valence-electron chi connectivity index (χ1n) is 7.57. The molecule has 0 bridgehead atoms. The Kier molecular flexibility index (Phi) is 4.98. The smallest absolute Gasteiger partial charge is 0.126 e. The summed E-state index contributed by atoms with van der Waals surface area (Å²) in [5.74, 6) is 2.09. The lowest BCUT2D eigenvalue weighted by molar-refractivity contribution is 0.202. The highest BCUT2D eigenvalue weighted by atomic mass is 19.1. The highest BCUT2D eigenvalue weighted by Crippen LogP contribution is 2.35. The lowest BCUT2D eigenvalue weighted by Crippen LogP contribution is -2.35. The van der Waals surface area contributed by atoms with Crippen molar-refractivity contribution >= 4 is 0 Å². The van der Waals surface area contributed by atoms with Gasteiger partial charge in [0.25, 0.3) is 0 Å². The van der Waals surface area contributed by atoms with Crippen LogP contribution in [0.25, 0.3) is 0 Å². The summed E-state index contributed by atoms with van der Waals surface area (Å²) in [6, 6.07) is 7.11. The van der Waals surface area contributed by atoms with Crippen LogP contribution in [0, 0.1) is 23.6 Å². The van der Waals surface area contributed by atoms with E-state index in [0.29, 0.717) is 12.3 Å². The van der Waals surface area contributed by atoms with Gasteiger partial charge in [-0.15, -0.1) is 0 Å². The number of benzene rings is 1. The van der Waals surface area contributed by atoms with Crippen molar-refractivity contribution in [3.05, 3.63) is 35.6 Å². The summed E-state index contributed by atoms with van der Waals surface area (Å²) >= 11 is 0. The molecule has 1 aliphatic carbocycles. The average molecular weight is 263 g/mol. The minimum atomic E-state index is -0.117. The number of nitrogens with two attached hydrogens (primary N) is 1. The van der Waals surface area contributed by atoms with Gasteiger partial charge in [-0.3, -0.25) is 0 Å². The van der Waals surface area contributed by atoms with Gasteiger partial charge in [0.05, 0.1) is 0 Å². The first kappa shape index (κ1) is 14.5. The van der Waals surface area contributed by atoms with E-state index in [1.54, 1.807) is 6.07 Å². The second kappa shape index (κ2) is 6.51. The minimum absolute atomic E-state index is 0.102. The van der Waals surface area contributed by atoms with Gasteiger partial charge in [0.2, 0.25) is 0 Å². The van der Waals surface area contributed by atoms with Crippen molar-refractivity contribution in [2.75, 3.05) is 0 Å². The van der Waals surface area contributed by atoms with Crippen molar-refractivity contribution in [3.8, 4) is 0 Å². The van der Waals surface area contributed by atoms with E-state index in [4.69, 9.17) is 5.73 Å². The Bertz CT molecular complexity index is 394. The van der Waals surface area contributed by atoms with Crippen molar-refractivity contribution in [2.24, 2.45) is 23.5 Å². The molecule has 2 N–H and O–H groups in total. The van der Waals surface area contributed by atoms with Gasteiger partial charge in [-0.1, -0.05) is 32.0 Å². The van der Waals surface area contributed by atoms with Crippen LogP contribution >= 0.6 is 0 Å². The van der Waals surface area contributed by atoms with Crippen LogP contribution in [0.3, 0.4) is 0 Å². The standard InChI is InChI=1S/C17H26FN/c1-12(2)13-7-9-14(10-8-13)17(19)11-15-5-3-4-6-16(15)18/h3-6,12-14,17H,7-11,19H2,1-2H3. The normalized spacial score (nSPS) is 25.5. The molecule has 19 heavy (non-hydrogen) atoms. The van der Waals surface area contributed by atoms with Crippen molar-refractivity contribution in [1.29, 1.82) is 0 Å². The minimum Gasteiger partial charge on any atom is -0.327 e. The Morgan fingerprint density at radius 1 is 1.11 bits per heavy atom. The average Bonchev–Trinajstić information content (AvgIpc) is 2.41. The van der Waals surface area contributed by atoms with Gasteiger partial charge in [0, 0.05) is 6.04 Å². The highest BCUT2D eigenvalue weighted by molar-refractivity contribution is 5.18. The highest BCUT2D eigenvalue weighted by Gasteiger charge is 2.27. The first-order valence-corrected chi connectivity index (χ1v) is 7.57. The fraction of sp³-hybridized carbons (Fsp3) is 0.647. The Labute approximate surface area is 116 Å². The molecule has 0 radical (unpaired) electrons. The van der Waals surface area contributed by atoms with Crippen LogP contribution in [0.15, 0.2) is 24.3 Å². The summed E-state index contributed by atoms with van der Waals surface area (Å²) in [4.78, 5) is 0. The summed E-state index contributed by atoms with van der Waals surface area (Å²) < 4.78 is 13.6. The van der Waals surface area contributed by atoms with Crippen molar-refractivity contribution in [1.82, 2.24) is 0 Å². The largest absolute Gasteiger partial charge is 0.327 e. The summed E-state index contributed by atoms with van der Waals surface area (Å²) in [6.45, 7) is 4.62. The molecule has 0 spiro atoms. The fourth-order valence-electron chi connectivity index (χ4n) is 3.32. The summed E-state index contributed by atoms with van der Waals surface area (Å²) in [5, 5.41) is 0. The summed E-state index contributed by atoms with van der Waals surface area (Å²) in [6.07, 6.45) is 5.65. The summed E-state index contributed by atoms with van der Waals surface area (Å²) in [7, 11) is 0. The van der Waals surface area contributed by atoms with Crippen LogP contribution in [0.2, 0.25) is 0 Å². The maximum absolute atomic E-state index is 13.6. The van der Waals surface area contributed by atoms with Gasteiger partial charge in [0.1, 0.15) is 5.82 Å². The van der Waals surface area contributed by atoms with Crippen LogP contribution in [-0.2, 0) is 6.42 Å². The fourth-order valence-corrected chi connectivity index (χ4v) is 3.32. The number of halogens is 1. The van der Waals surface area contributed by atoms with Crippen molar-refractivity contribution in [2.45, 2.75) is 52.0 Å². The molecule has 1 atom stereocenters. The number of hydrogen-bond donors (Lipinski definition) is 1. The molecule has 1 aromatic carbocycles. The number of rotatable bonds is 4. The second-order valence-electron chi connectivity index (χ2n) is 6.38. The molecule has 1 aromatic rings. The van der Waals surface area contributed by atoms with E-state index >= 15 is 0 Å². The molecule has 1 saturated carbocycles. The lowest BCUT2D eigenvalue weighted by Gasteiger charge is -2.34. The van der Waals surface area contributed by atoms with Crippen LogP contribution in [-0.4, -0.2) is 6.04 Å². The Balaban J connectivity index is 1.88. The molecule has 0 heterocycles. The van der Waals surface area contributed by atoms with E-state index in [0.717, 1.165) is 17.4 Å². The zero-order chi connectivity index (χ0) is 13.8. The predicted molar refractivity (Wildman–Crippen MR) is 78.4 cm³/mol. The monoisotopic (exact) mass is 263 g/mol. The maximum Gasteiger partial charge on any atom is 0.126 e. The molecule has 1 aliphatic rings. The van der Waals surface area contributed by atoms with Gasteiger partial charge in [-0.25, -0.2) is 4.39 Å². The van der Waals surface area contributed by atoms with E-state index in [2.05, 4.69) is 13.8 Å². The zero-order valence-corrected chi connectivity index (χ0v) is 12.1. The first-order chi connectivity index (χ1) is 9.08. The molecule has 2 rings (SSSR count). The Hall–Kier alpha value is -0.890. The quantitative estimate of drug-likeness (QED) is 0.867. The molecule has 0 aromatic heterocycles. The van der Waals surface area contributed by atoms with E-state index in [1.165, 1.54) is 31.7 Å². The molecule has 0 aliphatic heterocycles. The number of hydrogen-bond acceptors (Lipinski definition) is 1. The van der Waals surface area contributed by atoms with Crippen molar-refractivity contribution < 1.29 is 4.39 Å². The second-order valence-corrected chi connectivity index (χ2v) is 6.38. The molecule has 2 heteroatoms. The van der Waals surface area contributed by atoms with Crippen molar-refractivity contribution in [3.63, 3.8) is 0 Å². The van der Waals surface area contributed by atoms with Gasteiger partial charge in [0.15, 0.2) is 0 Å². The van der Waals surface area contributed by atoms with Gasteiger partial charge < -0.3 is 5.73 Å². The van der Waals surface area contributed by atoms with Crippen LogP contribution in [0.4, 0.5) is 4.39 Å². The predicted octanol–water partition coefficient (Wildman–Crippen LogP) is 4.16. The Morgan fingerprint density at radius 2 is 1.68 bits per heavy atom. The van der Waals surface area contributed by atoms with Crippen LogP contribution in [0.1, 0.15) is 45.1 Å². The lowest BCUT2D eigenvalue weighted by atomic mass is 9.74. The third kappa shape index (κ3) is 3.79. The van der Waals surface area contributed by atoms with E-state index in [1.807, 2.05) is 12.1 Å². The summed E-state index contributed by atoms with van der Waals surface area (Å²) in [5.41, 5.74) is 7.07. The van der Waals surface area contributed by atoms with Crippen LogP contribution < -0.4 is 5.73 Å².